The van der Waals surface area contributed by atoms with Gasteiger partial charge in [0, 0.05) is 25.8 Å². The third kappa shape index (κ3) is 1.80. The zero-order valence-electron chi connectivity index (χ0n) is 9.55. The molecule has 0 spiro atoms. The number of nitrogens with one attached hydrogen (secondary N) is 3. The smallest absolute Gasteiger partial charge is 0.257 e. The summed E-state index contributed by atoms with van der Waals surface area (Å²) in [4.78, 5) is 16.3. The van der Waals surface area contributed by atoms with Crippen LogP contribution in [0.1, 0.15) is 23.0 Å². The van der Waals surface area contributed by atoms with Crippen molar-refractivity contribution in [1.82, 2.24) is 10.3 Å². The van der Waals surface area contributed by atoms with Crippen LogP contribution < -0.4 is 16.0 Å². The van der Waals surface area contributed by atoms with Gasteiger partial charge in [-0.15, -0.1) is 0 Å². The van der Waals surface area contributed by atoms with Crippen molar-refractivity contribution in [1.29, 1.82) is 0 Å². The van der Waals surface area contributed by atoms with Crippen LogP contribution in [0.2, 0.25) is 0 Å². The lowest BCUT2D eigenvalue weighted by Crippen LogP contribution is -2.25. The molecule has 1 aromatic heterocycles. The van der Waals surface area contributed by atoms with Gasteiger partial charge in [0.25, 0.3) is 5.91 Å². The molecule has 2 heterocycles. The Hall–Kier alpha value is -1.78. The summed E-state index contributed by atoms with van der Waals surface area (Å²) in [5.41, 5.74) is 2.41. The number of nitrogens with zero attached hydrogens (tertiary/aromatic N) is 1. The van der Waals surface area contributed by atoms with E-state index in [1.807, 2.05) is 20.0 Å². The maximum Gasteiger partial charge on any atom is 0.257 e. The second-order valence-electron chi connectivity index (χ2n) is 3.67. The average Bonchev–Trinajstić information content (AvgIpc) is 2.50. The predicted octanol–water partition coefficient (Wildman–Crippen LogP) is 0.841. The number of aromatic nitrogens is 1. The Bertz CT molecular complexity index is 417. The van der Waals surface area contributed by atoms with Crippen LogP contribution in [0.3, 0.4) is 0 Å². The molecule has 0 unspecified atom stereocenters. The van der Waals surface area contributed by atoms with Gasteiger partial charge in [-0.25, -0.2) is 4.98 Å². The largest absolute Gasteiger partial charge is 0.387 e. The summed E-state index contributed by atoms with van der Waals surface area (Å²) in [5, 5.41) is 9.05. The van der Waals surface area contributed by atoms with E-state index >= 15 is 0 Å². The molecule has 1 aliphatic rings. The second kappa shape index (κ2) is 4.38. The minimum absolute atomic E-state index is 0.0699. The molecule has 16 heavy (non-hydrogen) atoms. The van der Waals surface area contributed by atoms with Crippen molar-refractivity contribution in [3.63, 3.8) is 0 Å². The topological polar surface area (TPSA) is 66.1 Å². The molecule has 0 radical (unpaired) electrons. The van der Waals surface area contributed by atoms with Crippen LogP contribution >= 0.6 is 0 Å². The number of carbonyl (C=O) groups is 1. The minimum Gasteiger partial charge on any atom is -0.387 e. The Balaban J connectivity index is 2.56. The van der Waals surface area contributed by atoms with Gasteiger partial charge in [-0.2, -0.15) is 0 Å². The quantitative estimate of drug-likeness (QED) is 0.691. The normalized spacial score (nSPS) is 14.5. The number of fused-ring (bicyclic) bond motifs is 1. The first-order valence-electron chi connectivity index (χ1n) is 5.50. The molecule has 0 atom stereocenters. The van der Waals surface area contributed by atoms with Crippen LogP contribution in [0, 0.1) is 0 Å². The van der Waals surface area contributed by atoms with Crippen LogP contribution in [0.25, 0.3) is 0 Å². The Morgan fingerprint density at radius 3 is 2.88 bits per heavy atom. The molecule has 0 fully saturated rings. The van der Waals surface area contributed by atoms with Gasteiger partial charge in [0.1, 0.15) is 11.4 Å². The molecule has 0 aromatic carbocycles. The van der Waals surface area contributed by atoms with Gasteiger partial charge in [-0.05, 0) is 12.5 Å². The average molecular weight is 220 g/mol. The fourth-order valence-electron chi connectivity index (χ4n) is 1.78. The van der Waals surface area contributed by atoms with E-state index in [0.717, 1.165) is 17.8 Å². The van der Waals surface area contributed by atoms with E-state index in [1.54, 1.807) is 0 Å². The van der Waals surface area contributed by atoms with Crippen molar-refractivity contribution < 1.29 is 4.79 Å². The molecular formula is C11H16N4O. The van der Waals surface area contributed by atoms with Gasteiger partial charge in [0.05, 0.1) is 5.69 Å². The maximum atomic E-state index is 11.9. The van der Waals surface area contributed by atoms with Crippen LogP contribution in [0.5, 0.6) is 0 Å². The highest BCUT2D eigenvalue weighted by Crippen LogP contribution is 2.24. The minimum atomic E-state index is -0.0699. The molecule has 2 rings (SSSR count). The summed E-state index contributed by atoms with van der Waals surface area (Å²) in [6, 6.07) is 1.92. The summed E-state index contributed by atoms with van der Waals surface area (Å²) in [7, 11) is 1.81. The predicted molar refractivity (Wildman–Crippen MR) is 64.0 cm³/mol. The molecule has 1 aliphatic heterocycles. The lowest BCUT2D eigenvalue weighted by Gasteiger charge is -2.12. The molecule has 1 aromatic rings. The van der Waals surface area contributed by atoms with E-state index in [0.29, 0.717) is 24.5 Å². The monoisotopic (exact) mass is 220 g/mol. The second-order valence-corrected chi connectivity index (χ2v) is 3.67. The van der Waals surface area contributed by atoms with Crippen molar-refractivity contribution >= 4 is 17.4 Å². The zero-order chi connectivity index (χ0) is 11.5. The fourth-order valence-corrected chi connectivity index (χ4v) is 1.78. The summed E-state index contributed by atoms with van der Waals surface area (Å²) >= 11 is 0. The van der Waals surface area contributed by atoms with E-state index < -0.39 is 0 Å². The first-order chi connectivity index (χ1) is 7.76. The molecule has 3 N–H and O–H groups in total. The molecule has 0 bridgehead atoms. The van der Waals surface area contributed by atoms with Gasteiger partial charge < -0.3 is 16.0 Å². The molecule has 5 heteroatoms. The van der Waals surface area contributed by atoms with Crippen molar-refractivity contribution in [2.24, 2.45) is 0 Å². The van der Waals surface area contributed by atoms with Gasteiger partial charge >= 0.3 is 0 Å². The highest BCUT2D eigenvalue weighted by Gasteiger charge is 2.20. The molecule has 86 valence electrons. The highest BCUT2D eigenvalue weighted by atomic mass is 16.1. The fraction of sp³-hybridized carbons (Fsp3) is 0.455. The standard InChI is InChI=1S/C11H16N4O/c1-3-7-6-8(12-2)9-10(15-7)13-4-5-14-11(9)16/h6H,3-5H2,1-2H3,(H,14,16)(H2,12,13,15). The SMILES string of the molecule is CCc1cc(NC)c2c(n1)NCCNC2=O. The van der Waals surface area contributed by atoms with E-state index in [4.69, 9.17) is 0 Å². The number of carbonyl (C=O) groups excluding carboxylic acids is 1. The van der Waals surface area contributed by atoms with E-state index in [1.165, 1.54) is 0 Å². The lowest BCUT2D eigenvalue weighted by atomic mass is 10.1. The van der Waals surface area contributed by atoms with Crippen molar-refractivity contribution in [2.45, 2.75) is 13.3 Å². The Kier molecular flexibility index (Phi) is 2.94. The zero-order valence-corrected chi connectivity index (χ0v) is 9.55. The van der Waals surface area contributed by atoms with E-state index in [-0.39, 0.29) is 5.91 Å². The highest BCUT2D eigenvalue weighted by molar-refractivity contribution is 6.04. The number of amides is 1. The third-order valence-electron chi connectivity index (χ3n) is 2.63. The number of hydrogen-bond donors (Lipinski definition) is 3. The van der Waals surface area contributed by atoms with E-state index in [9.17, 15) is 4.79 Å². The number of hydrogen-bond acceptors (Lipinski definition) is 4. The number of aryl methyl sites for hydroxylation is 1. The van der Waals surface area contributed by atoms with E-state index in [2.05, 4.69) is 20.9 Å². The van der Waals surface area contributed by atoms with Gasteiger partial charge in [-0.1, -0.05) is 6.92 Å². The summed E-state index contributed by atoms with van der Waals surface area (Å²) < 4.78 is 0. The van der Waals surface area contributed by atoms with Crippen molar-refractivity contribution in [3.8, 4) is 0 Å². The van der Waals surface area contributed by atoms with Crippen LogP contribution in [0.15, 0.2) is 6.07 Å². The summed E-state index contributed by atoms with van der Waals surface area (Å²) in [5.74, 6) is 0.609. The first kappa shape index (κ1) is 10.7. The van der Waals surface area contributed by atoms with Crippen molar-refractivity contribution in [3.05, 3.63) is 17.3 Å². The molecule has 0 saturated carbocycles. The molecule has 0 aliphatic carbocycles. The van der Waals surface area contributed by atoms with Crippen molar-refractivity contribution in [2.75, 3.05) is 30.8 Å². The molecule has 5 nitrogen and oxygen atoms in total. The third-order valence-corrected chi connectivity index (χ3v) is 2.63. The number of anilines is 2. The lowest BCUT2D eigenvalue weighted by molar-refractivity contribution is 0.0958. The van der Waals surface area contributed by atoms with Crippen LogP contribution in [-0.2, 0) is 6.42 Å². The van der Waals surface area contributed by atoms with Crippen LogP contribution in [0.4, 0.5) is 11.5 Å². The summed E-state index contributed by atoms with van der Waals surface area (Å²) in [6.07, 6.45) is 0.852. The van der Waals surface area contributed by atoms with Gasteiger partial charge in [0.2, 0.25) is 0 Å². The Labute approximate surface area is 94.6 Å². The van der Waals surface area contributed by atoms with Gasteiger partial charge in [-0.3, -0.25) is 4.79 Å². The van der Waals surface area contributed by atoms with Gasteiger partial charge in [0.15, 0.2) is 0 Å². The first-order valence-corrected chi connectivity index (χ1v) is 5.50. The summed E-state index contributed by atoms with van der Waals surface area (Å²) in [6.45, 7) is 3.38. The van der Waals surface area contributed by atoms with Crippen LogP contribution in [-0.4, -0.2) is 31.0 Å². The Morgan fingerprint density at radius 1 is 1.44 bits per heavy atom. The maximum absolute atomic E-state index is 11.9. The molecule has 0 saturated heterocycles. The molecular weight excluding hydrogens is 204 g/mol. The number of pyridine rings is 1. The Morgan fingerprint density at radius 2 is 2.19 bits per heavy atom. The molecule has 1 amide bonds. The number of rotatable bonds is 2.